The van der Waals surface area contributed by atoms with Gasteiger partial charge in [0.1, 0.15) is 0 Å². The van der Waals surface area contributed by atoms with Gasteiger partial charge in [-0.05, 0) is 36.9 Å². The van der Waals surface area contributed by atoms with Crippen molar-refractivity contribution in [2.75, 3.05) is 35.6 Å². The number of nitrogens with one attached hydrogen (secondary N) is 2. The Kier molecular flexibility index (Phi) is 6.86. The highest BCUT2D eigenvalue weighted by molar-refractivity contribution is 7.99. The number of H-pyrrole nitrogens is 1. The van der Waals surface area contributed by atoms with E-state index in [0.717, 1.165) is 37.7 Å². The molecule has 15 heteroatoms. The number of hydrogen-bond acceptors (Lipinski definition) is 11. The van der Waals surface area contributed by atoms with Crippen LogP contribution < -0.4 is 27.2 Å². The van der Waals surface area contributed by atoms with Gasteiger partial charge in [-0.2, -0.15) is 4.98 Å². The Morgan fingerprint density at radius 1 is 1.32 bits per heavy atom. The fourth-order valence-electron chi connectivity index (χ4n) is 4.11. The number of fused-ring (bicyclic) bond motifs is 1. The number of nitrogens with two attached hydrogens (primary N) is 2. The third-order valence-electron chi connectivity index (χ3n) is 6.61. The lowest BCUT2D eigenvalue weighted by atomic mass is 9.81. The number of carbonyl (C=O) groups is 1. The maximum absolute atomic E-state index is 12.9. The van der Waals surface area contributed by atoms with Crippen LogP contribution in [0, 0.1) is 5.41 Å². The van der Waals surface area contributed by atoms with E-state index in [-0.39, 0.29) is 27.7 Å². The van der Waals surface area contributed by atoms with Gasteiger partial charge in [0, 0.05) is 30.4 Å². The van der Waals surface area contributed by atoms with Gasteiger partial charge in [-0.15, -0.1) is 10.2 Å². The molecule has 4 aromatic rings. The zero-order chi connectivity index (χ0) is 27.0. The first-order chi connectivity index (χ1) is 18.2. The van der Waals surface area contributed by atoms with Crippen molar-refractivity contribution in [1.29, 1.82) is 0 Å². The molecule has 0 atom stereocenters. The van der Waals surface area contributed by atoms with Crippen molar-refractivity contribution >= 4 is 52.5 Å². The van der Waals surface area contributed by atoms with Crippen molar-refractivity contribution in [2.45, 2.75) is 29.7 Å². The molecule has 0 saturated carbocycles. The molecule has 0 spiro atoms. The molecular weight excluding hydrogens is 532 g/mol. The number of nitrogen functional groups attached to an aromatic ring is 1. The molecule has 13 nitrogen and oxygen atoms in total. The number of aromatic amines is 1. The Hall–Kier alpha value is -3.88. The van der Waals surface area contributed by atoms with Crippen LogP contribution in [0.2, 0.25) is 5.02 Å². The molecular formula is C23H25ClN10O3S. The van der Waals surface area contributed by atoms with Gasteiger partial charge in [0.15, 0.2) is 16.4 Å². The molecule has 1 amide bonds. The van der Waals surface area contributed by atoms with Crippen LogP contribution in [0.4, 0.5) is 17.5 Å². The third-order valence-corrected chi connectivity index (χ3v) is 8.17. The fraction of sp³-hybridized carbons (Fsp3) is 0.304. The molecule has 0 radical (unpaired) electrons. The first kappa shape index (κ1) is 25.8. The number of piperidine rings is 1. The first-order valence-corrected chi connectivity index (χ1v) is 12.9. The minimum atomic E-state index is -0.846. The summed E-state index contributed by atoms with van der Waals surface area (Å²) in [4.78, 5) is 38.6. The lowest BCUT2D eigenvalue weighted by Crippen LogP contribution is -2.43. The molecule has 4 heterocycles. The zero-order valence-electron chi connectivity index (χ0n) is 20.3. The van der Waals surface area contributed by atoms with Crippen LogP contribution in [-0.4, -0.2) is 60.2 Å². The molecule has 1 aliphatic heterocycles. The molecule has 5 rings (SSSR count). The number of aromatic nitrogens is 6. The number of carbonyl (C=O) groups excluding carboxylic acids is 1. The molecule has 1 aromatic carbocycles. The Bertz CT molecular complexity index is 1580. The van der Waals surface area contributed by atoms with Crippen LogP contribution in [0.1, 0.15) is 30.1 Å². The standard InChI is InChI=1S/C23H25ClN10O3S/c1-23(11-25)5-8-33(9-6-23)22-29-16(26)19(31-32-22)38-13-4-2-3-12(15(13)24)28-17(35)14-18(36)30-21-27-7-10-34(21)20(14)37/h2-4,7,10,37H,5-6,8-9,11,25H2,1H3,(H,28,35)(H2,26,29,32)(H,27,30,36). The van der Waals surface area contributed by atoms with Gasteiger partial charge in [0.25, 0.3) is 11.5 Å². The molecule has 1 aliphatic rings. The normalized spacial score (nSPS) is 15.1. The Balaban J connectivity index is 1.33. The van der Waals surface area contributed by atoms with E-state index in [1.807, 2.05) is 4.90 Å². The van der Waals surface area contributed by atoms with Crippen LogP contribution in [0.5, 0.6) is 5.88 Å². The van der Waals surface area contributed by atoms with Crippen LogP contribution in [-0.2, 0) is 0 Å². The number of hydrogen-bond donors (Lipinski definition) is 5. The number of nitrogens with zero attached hydrogens (tertiary/aromatic N) is 6. The number of anilines is 3. The lowest BCUT2D eigenvalue weighted by Gasteiger charge is -2.38. The van der Waals surface area contributed by atoms with Gasteiger partial charge in [0.2, 0.25) is 17.6 Å². The zero-order valence-corrected chi connectivity index (χ0v) is 21.9. The van der Waals surface area contributed by atoms with Crippen molar-refractivity contribution in [3.63, 3.8) is 0 Å². The van der Waals surface area contributed by atoms with E-state index in [1.54, 1.807) is 18.2 Å². The molecule has 7 N–H and O–H groups in total. The quantitative estimate of drug-likeness (QED) is 0.233. The monoisotopic (exact) mass is 556 g/mol. The van der Waals surface area contributed by atoms with E-state index in [0.29, 0.717) is 22.4 Å². The average Bonchev–Trinajstić information content (AvgIpc) is 3.37. The minimum absolute atomic E-state index is 0.105. The predicted molar refractivity (Wildman–Crippen MR) is 144 cm³/mol. The van der Waals surface area contributed by atoms with E-state index < -0.39 is 22.9 Å². The van der Waals surface area contributed by atoms with E-state index in [9.17, 15) is 14.7 Å². The second kappa shape index (κ2) is 10.1. The molecule has 38 heavy (non-hydrogen) atoms. The Morgan fingerprint density at radius 3 is 2.79 bits per heavy atom. The highest BCUT2D eigenvalue weighted by atomic mass is 35.5. The molecule has 0 bridgehead atoms. The van der Waals surface area contributed by atoms with Crippen molar-refractivity contribution < 1.29 is 9.90 Å². The van der Waals surface area contributed by atoms with Gasteiger partial charge in [0.05, 0.1) is 10.7 Å². The number of rotatable bonds is 6. The second-order valence-electron chi connectivity index (χ2n) is 9.25. The van der Waals surface area contributed by atoms with E-state index in [1.165, 1.54) is 16.8 Å². The summed E-state index contributed by atoms with van der Waals surface area (Å²) in [5, 5.41) is 22.1. The molecule has 198 valence electrons. The lowest BCUT2D eigenvalue weighted by molar-refractivity contribution is 0.102. The molecule has 3 aromatic heterocycles. The highest BCUT2D eigenvalue weighted by Crippen LogP contribution is 2.39. The van der Waals surface area contributed by atoms with Crippen molar-refractivity contribution in [1.82, 2.24) is 29.5 Å². The van der Waals surface area contributed by atoms with Gasteiger partial charge in [-0.25, -0.2) is 4.98 Å². The summed E-state index contributed by atoms with van der Waals surface area (Å²) >= 11 is 7.70. The fourth-order valence-corrected chi connectivity index (χ4v) is 5.18. The molecule has 1 fully saturated rings. The van der Waals surface area contributed by atoms with Crippen LogP contribution >= 0.6 is 23.4 Å². The largest absolute Gasteiger partial charge is 0.493 e. The predicted octanol–water partition coefficient (Wildman–Crippen LogP) is 2.12. The van der Waals surface area contributed by atoms with Crippen LogP contribution in [0.3, 0.4) is 0 Å². The maximum atomic E-state index is 12.9. The maximum Gasteiger partial charge on any atom is 0.269 e. The second-order valence-corrected chi connectivity index (χ2v) is 10.7. The van der Waals surface area contributed by atoms with Gasteiger partial charge >= 0.3 is 0 Å². The van der Waals surface area contributed by atoms with Crippen LogP contribution in [0.25, 0.3) is 5.78 Å². The Morgan fingerprint density at radius 2 is 2.08 bits per heavy atom. The molecule has 1 saturated heterocycles. The summed E-state index contributed by atoms with van der Waals surface area (Å²) in [7, 11) is 0. The van der Waals surface area contributed by atoms with Gasteiger partial charge < -0.3 is 26.8 Å². The van der Waals surface area contributed by atoms with Gasteiger partial charge in [-0.3, -0.25) is 19.0 Å². The summed E-state index contributed by atoms with van der Waals surface area (Å²) in [6.07, 6.45) is 4.65. The van der Waals surface area contributed by atoms with Crippen molar-refractivity contribution in [2.24, 2.45) is 11.1 Å². The summed E-state index contributed by atoms with van der Waals surface area (Å²) in [5.74, 6) is -0.634. The molecule has 0 aliphatic carbocycles. The minimum Gasteiger partial charge on any atom is -0.493 e. The summed E-state index contributed by atoms with van der Waals surface area (Å²) in [6.45, 7) is 4.34. The summed E-state index contributed by atoms with van der Waals surface area (Å²) in [5.41, 5.74) is 11.2. The van der Waals surface area contributed by atoms with E-state index >= 15 is 0 Å². The number of amides is 1. The van der Waals surface area contributed by atoms with E-state index in [2.05, 4.69) is 37.4 Å². The SMILES string of the molecule is CC1(CN)CCN(c2nnc(Sc3cccc(NC(=O)c4c(O)n5ccnc5[nH]c4=O)c3Cl)c(N)n2)CC1. The Labute approximate surface area is 225 Å². The number of benzene rings is 1. The number of aromatic hydroxyl groups is 1. The summed E-state index contributed by atoms with van der Waals surface area (Å²) in [6, 6.07) is 4.95. The summed E-state index contributed by atoms with van der Waals surface area (Å²) < 4.78 is 1.18. The smallest absolute Gasteiger partial charge is 0.269 e. The van der Waals surface area contributed by atoms with E-state index in [4.69, 9.17) is 23.1 Å². The third kappa shape index (κ3) is 4.85. The van der Waals surface area contributed by atoms with Crippen LogP contribution in [0.15, 0.2) is 45.3 Å². The topological polar surface area (TPSA) is 193 Å². The van der Waals surface area contributed by atoms with Crippen molar-refractivity contribution in [3.05, 3.63) is 51.5 Å². The first-order valence-electron chi connectivity index (χ1n) is 11.7. The average molecular weight is 557 g/mol. The number of imidazole rings is 1. The molecule has 0 unspecified atom stereocenters. The number of halogens is 1. The van der Waals surface area contributed by atoms with Crippen molar-refractivity contribution in [3.8, 4) is 5.88 Å². The highest BCUT2D eigenvalue weighted by Gasteiger charge is 2.30. The van der Waals surface area contributed by atoms with Gasteiger partial charge in [-0.1, -0.05) is 36.4 Å².